The van der Waals surface area contributed by atoms with Crippen LogP contribution in [0.2, 0.25) is 0 Å². The molecule has 0 aromatic heterocycles. The van der Waals surface area contributed by atoms with Gasteiger partial charge in [0.05, 0.1) is 13.2 Å². The van der Waals surface area contributed by atoms with E-state index < -0.39 is 29.1 Å². The Kier molecular flexibility index (Phi) is 19.3. The molecule has 0 rings (SSSR count). The first-order valence-corrected chi connectivity index (χ1v) is 5.20. The average molecular weight is 296 g/mol. The van der Waals surface area contributed by atoms with Crippen LogP contribution >= 0.6 is 0 Å². The molecule has 10 heteroatoms. The van der Waals surface area contributed by atoms with Gasteiger partial charge in [-0.2, -0.15) is 0 Å². The molecule has 0 aromatic rings. The molecule has 0 aromatic carbocycles. The van der Waals surface area contributed by atoms with Gasteiger partial charge in [-0.1, -0.05) is 0 Å². The van der Waals surface area contributed by atoms with Crippen LogP contribution in [-0.4, -0.2) is 45.6 Å². The van der Waals surface area contributed by atoms with Crippen molar-refractivity contribution < 1.29 is 57.4 Å². The van der Waals surface area contributed by atoms with Gasteiger partial charge in [-0.05, 0) is 0 Å². The Balaban J connectivity index is -0.000000135. The van der Waals surface area contributed by atoms with Crippen molar-refractivity contribution in [2.24, 2.45) is 0 Å². The van der Waals surface area contributed by atoms with Gasteiger partial charge in [-0.25, -0.2) is 9.59 Å². The van der Waals surface area contributed by atoms with Crippen LogP contribution < -0.4 is 0 Å². The van der Waals surface area contributed by atoms with Crippen molar-refractivity contribution in [2.45, 2.75) is 0 Å². The summed E-state index contributed by atoms with van der Waals surface area (Å²) in [6.45, 7) is -0.250. The summed E-state index contributed by atoms with van der Waals surface area (Å²) in [4.78, 5) is 18.2. The fraction of sp³-hybridized carbons (Fsp3) is 0.500. The monoisotopic (exact) mass is 298 g/mol. The van der Waals surface area contributed by atoms with E-state index in [0.717, 1.165) is 0 Å². The van der Waals surface area contributed by atoms with E-state index in [-0.39, 0.29) is 13.2 Å². The Bertz CT molecular complexity index is 229. The van der Waals surface area contributed by atoms with Crippen LogP contribution in [0.15, 0.2) is 0 Å². The Morgan fingerprint density at radius 1 is 0.857 bits per heavy atom. The Labute approximate surface area is 83.1 Å². The van der Waals surface area contributed by atoms with E-state index in [4.69, 9.17) is 40.2 Å². The van der Waals surface area contributed by atoms with Crippen LogP contribution in [0, 0.1) is 0 Å². The molecule has 0 aliphatic carbocycles. The standard InChI is InChI=1S/C2H2O4.C2H6O2.Mo.3O/c3-1(4)2(5)6;3-1-2-4;;;;/h(H,3,4)(H,5,6);3-4H,1-2H2;;;;. The number of carboxylic acid groups (broad SMARTS) is 2. The van der Waals surface area contributed by atoms with E-state index in [1.807, 2.05) is 0 Å². The van der Waals surface area contributed by atoms with Crippen molar-refractivity contribution in [1.29, 1.82) is 0 Å². The first kappa shape index (κ1) is 18.7. The molecule has 0 aliphatic heterocycles. The Morgan fingerprint density at radius 2 is 1.00 bits per heavy atom. The zero-order valence-corrected chi connectivity index (χ0v) is 8.66. The first-order chi connectivity index (χ1) is 6.29. The van der Waals surface area contributed by atoms with Crippen LogP contribution in [0.25, 0.3) is 0 Å². The van der Waals surface area contributed by atoms with E-state index in [9.17, 15) is 0 Å². The first-order valence-electron chi connectivity index (χ1n) is 2.74. The second kappa shape index (κ2) is 14.5. The molecule has 0 unspecified atom stereocenters. The Hall–Kier alpha value is -1.05. The van der Waals surface area contributed by atoms with Gasteiger partial charge < -0.3 is 20.4 Å². The van der Waals surface area contributed by atoms with Crippen molar-refractivity contribution >= 4 is 11.9 Å². The van der Waals surface area contributed by atoms with Crippen molar-refractivity contribution in [3.05, 3.63) is 0 Å². The molecule has 0 saturated carbocycles. The molecule has 0 heterocycles. The van der Waals surface area contributed by atoms with Crippen LogP contribution in [0.4, 0.5) is 0 Å². The number of hydrogen-bond acceptors (Lipinski definition) is 7. The average Bonchev–Trinajstić information content (AvgIpc) is 2.03. The molecule has 4 N–H and O–H groups in total. The molecule has 14 heavy (non-hydrogen) atoms. The number of aliphatic carboxylic acids is 2. The van der Waals surface area contributed by atoms with Gasteiger partial charge >= 0.3 is 39.3 Å². The minimum atomic E-state index is -4.11. The molecule has 9 nitrogen and oxygen atoms in total. The zero-order valence-electron chi connectivity index (χ0n) is 6.65. The normalized spacial score (nSPS) is 7.00. The van der Waals surface area contributed by atoms with Gasteiger partial charge in [0, 0.05) is 0 Å². The predicted octanol–water partition coefficient (Wildman–Crippen LogP) is -2.23. The van der Waals surface area contributed by atoms with Crippen LogP contribution in [0.5, 0.6) is 0 Å². The fourth-order valence-electron chi connectivity index (χ4n) is 0. The summed E-state index contributed by atoms with van der Waals surface area (Å²) in [5, 5.41) is 30.0. The number of rotatable bonds is 1. The third kappa shape index (κ3) is 69.5. The van der Waals surface area contributed by atoms with E-state index in [1.54, 1.807) is 0 Å². The van der Waals surface area contributed by atoms with Gasteiger partial charge in [0.25, 0.3) is 0 Å². The minimum absolute atomic E-state index is 0.125. The molecule has 0 spiro atoms. The van der Waals surface area contributed by atoms with Crippen molar-refractivity contribution in [1.82, 2.24) is 0 Å². The summed E-state index contributed by atoms with van der Waals surface area (Å²) in [6.07, 6.45) is 0. The van der Waals surface area contributed by atoms with E-state index in [1.165, 1.54) is 0 Å². The van der Waals surface area contributed by atoms with Gasteiger partial charge in [-0.3, -0.25) is 0 Å². The van der Waals surface area contributed by atoms with E-state index >= 15 is 0 Å². The summed E-state index contributed by atoms with van der Waals surface area (Å²) in [7, 11) is 0. The van der Waals surface area contributed by atoms with Gasteiger partial charge in [-0.15, -0.1) is 0 Å². The molecule has 0 radical (unpaired) electrons. The quantitative estimate of drug-likeness (QED) is 0.309. The molecule has 0 saturated heterocycles. The van der Waals surface area contributed by atoms with Gasteiger partial charge in [0.15, 0.2) is 0 Å². The predicted molar refractivity (Wildman–Crippen MR) is 31.5 cm³/mol. The summed E-state index contributed by atoms with van der Waals surface area (Å²) in [5.74, 6) is -3.65. The number of aliphatic hydroxyl groups excluding tert-OH is 2. The maximum atomic E-state index is 9.10. The number of carbonyl (C=O) groups is 2. The zero-order chi connectivity index (χ0) is 12.1. The molecular formula is C4H8MoO9. The second-order valence-corrected chi connectivity index (χ2v) is 2.27. The van der Waals surface area contributed by atoms with Crippen LogP contribution in [-0.2, 0) is 37.0 Å². The second-order valence-electron chi connectivity index (χ2n) is 1.26. The van der Waals surface area contributed by atoms with E-state index in [0.29, 0.717) is 0 Å². The molecule has 0 atom stereocenters. The molecule has 0 aliphatic rings. The van der Waals surface area contributed by atoms with Crippen molar-refractivity contribution in [3.8, 4) is 0 Å². The maximum absolute atomic E-state index is 9.10. The fourth-order valence-corrected chi connectivity index (χ4v) is 0. The number of hydrogen-bond donors (Lipinski definition) is 4. The molecular weight excluding hydrogens is 288 g/mol. The van der Waals surface area contributed by atoms with Crippen LogP contribution in [0.1, 0.15) is 0 Å². The van der Waals surface area contributed by atoms with Gasteiger partial charge in [0.2, 0.25) is 0 Å². The number of aliphatic hydroxyl groups is 2. The summed E-state index contributed by atoms with van der Waals surface area (Å²) < 4.78 is 25.8. The van der Waals surface area contributed by atoms with Crippen molar-refractivity contribution in [3.63, 3.8) is 0 Å². The summed E-state index contributed by atoms with van der Waals surface area (Å²) in [6, 6.07) is 0. The topological polar surface area (TPSA) is 166 Å². The molecule has 0 fully saturated rings. The summed E-state index contributed by atoms with van der Waals surface area (Å²) in [5.41, 5.74) is 0. The third-order valence-corrected chi connectivity index (χ3v) is 0.283. The Morgan fingerprint density at radius 3 is 1.00 bits per heavy atom. The molecule has 84 valence electrons. The number of carboxylic acids is 2. The van der Waals surface area contributed by atoms with Gasteiger partial charge in [0.1, 0.15) is 0 Å². The molecule has 0 amide bonds. The molecule has 0 bridgehead atoms. The van der Waals surface area contributed by atoms with Crippen LogP contribution in [0.3, 0.4) is 0 Å². The van der Waals surface area contributed by atoms with Crippen molar-refractivity contribution in [2.75, 3.05) is 13.2 Å². The SMILES string of the molecule is O=C(O)C(=O)O.OCCO.[O]=[Mo](=[O])=[O]. The third-order valence-electron chi connectivity index (χ3n) is 0.283. The summed E-state index contributed by atoms with van der Waals surface area (Å²) >= 11 is -4.11. The van der Waals surface area contributed by atoms with E-state index in [2.05, 4.69) is 0 Å².